The molecule has 1 atom stereocenters. The number of nitrogen functional groups attached to an aromatic ring is 1. The van der Waals surface area contributed by atoms with Gasteiger partial charge in [-0.2, -0.15) is 4.37 Å². The van der Waals surface area contributed by atoms with Crippen LogP contribution >= 0.6 is 11.5 Å². The molecule has 3 aromatic rings. The van der Waals surface area contributed by atoms with E-state index in [0.29, 0.717) is 36.1 Å². The number of nitrogens with zero attached hydrogens (tertiary/aromatic N) is 2. The van der Waals surface area contributed by atoms with E-state index in [0.717, 1.165) is 29.9 Å². The fourth-order valence-corrected chi connectivity index (χ4v) is 4.67. The second kappa shape index (κ2) is 13.0. The molecule has 38 heavy (non-hydrogen) atoms. The van der Waals surface area contributed by atoms with Crippen LogP contribution in [0.15, 0.2) is 48.5 Å². The molecule has 0 aliphatic rings. The van der Waals surface area contributed by atoms with Gasteiger partial charge in [0, 0.05) is 12.2 Å². The van der Waals surface area contributed by atoms with Gasteiger partial charge in [-0.3, -0.25) is 19.3 Å². The van der Waals surface area contributed by atoms with Gasteiger partial charge in [-0.25, -0.2) is 0 Å². The highest BCUT2D eigenvalue weighted by Crippen LogP contribution is 2.34. The minimum Gasteiger partial charge on any atom is -0.494 e. The lowest BCUT2D eigenvalue weighted by molar-refractivity contribution is -0.122. The second-order valence-electron chi connectivity index (χ2n) is 9.21. The van der Waals surface area contributed by atoms with Crippen molar-refractivity contribution in [2.24, 2.45) is 11.7 Å². The first-order valence-corrected chi connectivity index (χ1v) is 13.4. The quantitative estimate of drug-likeness (QED) is 0.314. The van der Waals surface area contributed by atoms with Gasteiger partial charge in [0.1, 0.15) is 16.7 Å². The standard InChI is InChI=1S/C28H35N5O4S/c1-5-18-7-11-20(12-8-18)33(28(36)25-22(29)23(26(30)34)32-38-25)24(27(35)31-16-15-17(3)4)19-9-13-21(14-10-19)37-6-2/h7-14,17,24H,5-6,15-16,29H2,1-4H3,(H2,30,34)(H,31,35)/t24-/m1/s1. The molecule has 0 fully saturated rings. The largest absolute Gasteiger partial charge is 0.494 e. The Labute approximate surface area is 227 Å². The van der Waals surface area contributed by atoms with Gasteiger partial charge in [-0.15, -0.1) is 0 Å². The van der Waals surface area contributed by atoms with Crippen LogP contribution in [-0.4, -0.2) is 35.2 Å². The molecule has 0 saturated heterocycles. The van der Waals surface area contributed by atoms with Gasteiger partial charge in [0.2, 0.25) is 5.91 Å². The van der Waals surface area contributed by atoms with E-state index in [-0.39, 0.29) is 22.2 Å². The predicted octanol–water partition coefficient (Wildman–Crippen LogP) is 4.34. The number of aromatic nitrogens is 1. The van der Waals surface area contributed by atoms with Crippen molar-refractivity contribution < 1.29 is 19.1 Å². The lowest BCUT2D eigenvalue weighted by atomic mass is 10.0. The van der Waals surface area contributed by atoms with Crippen molar-refractivity contribution in [2.75, 3.05) is 23.8 Å². The first kappa shape index (κ1) is 28.6. The Kier molecular flexibility index (Phi) is 9.84. The molecule has 0 unspecified atom stereocenters. The number of amides is 3. The molecule has 9 nitrogen and oxygen atoms in total. The van der Waals surface area contributed by atoms with E-state index in [1.54, 1.807) is 36.4 Å². The Bertz CT molecular complexity index is 1260. The highest BCUT2D eigenvalue weighted by Gasteiger charge is 2.36. The van der Waals surface area contributed by atoms with Crippen LogP contribution in [0, 0.1) is 5.92 Å². The number of hydrogen-bond donors (Lipinski definition) is 3. The van der Waals surface area contributed by atoms with E-state index >= 15 is 0 Å². The van der Waals surface area contributed by atoms with Gasteiger partial charge in [0.05, 0.1) is 12.3 Å². The summed E-state index contributed by atoms with van der Waals surface area (Å²) in [5, 5.41) is 2.99. The van der Waals surface area contributed by atoms with Crippen molar-refractivity contribution in [2.45, 2.75) is 46.6 Å². The molecule has 0 aliphatic carbocycles. The fraction of sp³-hybridized carbons (Fsp3) is 0.357. The van der Waals surface area contributed by atoms with E-state index in [2.05, 4.69) is 23.5 Å². The van der Waals surface area contributed by atoms with Gasteiger partial charge in [0.25, 0.3) is 11.8 Å². The second-order valence-corrected chi connectivity index (χ2v) is 9.98. The first-order valence-electron chi connectivity index (χ1n) is 12.7. The van der Waals surface area contributed by atoms with Crippen molar-refractivity contribution in [1.29, 1.82) is 0 Å². The molecule has 0 spiro atoms. The van der Waals surface area contributed by atoms with Crippen LogP contribution in [0.25, 0.3) is 0 Å². The summed E-state index contributed by atoms with van der Waals surface area (Å²) in [6, 6.07) is 13.4. The number of benzene rings is 2. The molecule has 0 aliphatic heterocycles. The number of hydrogen-bond acceptors (Lipinski definition) is 7. The van der Waals surface area contributed by atoms with E-state index < -0.39 is 17.9 Å². The summed E-state index contributed by atoms with van der Waals surface area (Å²) < 4.78 is 9.57. The van der Waals surface area contributed by atoms with E-state index in [1.165, 1.54) is 4.90 Å². The highest BCUT2D eigenvalue weighted by molar-refractivity contribution is 7.09. The van der Waals surface area contributed by atoms with Gasteiger partial charge in [-0.05, 0) is 72.6 Å². The van der Waals surface area contributed by atoms with Crippen LogP contribution < -0.4 is 26.4 Å². The zero-order valence-corrected chi connectivity index (χ0v) is 23.0. The van der Waals surface area contributed by atoms with Crippen LogP contribution in [0.3, 0.4) is 0 Å². The van der Waals surface area contributed by atoms with E-state index in [1.807, 2.05) is 26.0 Å². The Balaban J connectivity index is 2.15. The lowest BCUT2D eigenvalue weighted by Crippen LogP contribution is -2.44. The maximum atomic E-state index is 14.1. The van der Waals surface area contributed by atoms with E-state index in [4.69, 9.17) is 16.2 Å². The van der Waals surface area contributed by atoms with Crippen LogP contribution in [0.1, 0.15) is 71.4 Å². The summed E-state index contributed by atoms with van der Waals surface area (Å²) in [4.78, 5) is 41.0. The molecule has 3 rings (SSSR count). The minimum atomic E-state index is -1.03. The number of carbonyl (C=O) groups is 3. The predicted molar refractivity (Wildman–Crippen MR) is 150 cm³/mol. The molecular weight excluding hydrogens is 502 g/mol. The molecular formula is C28H35N5O4S. The van der Waals surface area contributed by atoms with Gasteiger partial charge in [0.15, 0.2) is 5.69 Å². The van der Waals surface area contributed by atoms with Crippen LogP contribution in [0.5, 0.6) is 5.75 Å². The number of carbonyl (C=O) groups excluding carboxylic acids is 3. The zero-order chi connectivity index (χ0) is 27.8. The maximum absolute atomic E-state index is 14.1. The van der Waals surface area contributed by atoms with Crippen LogP contribution in [0.4, 0.5) is 11.4 Å². The summed E-state index contributed by atoms with van der Waals surface area (Å²) in [6.45, 7) is 9.02. The number of rotatable bonds is 12. The Morgan fingerprint density at radius 1 is 1.05 bits per heavy atom. The molecule has 0 radical (unpaired) electrons. The van der Waals surface area contributed by atoms with Crippen molar-refractivity contribution in [3.05, 3.63) is 70.2 Å². The Morgan fingerprint density at radius 2 is 1.71 bits per heavy atom. The van der Waals surface area contributed by atoms with Gasteiger partial charge < -0.3 is 21.5 Å². The minimum absolute atomic E-state index is 0.0317. The third kappa shape index (κ3) is 6.69. The van der Waals surface area contributed by atoms with Gasteiger partial charge in [-0.1, -0.05) is 45.0 Å². The number of nitrogens with two attached hydrogens (primary N) is 2. The van der Waals surface area contributed by atoms with Crippen LogP contribution in [0.2, 0.25) is 0 Å². The fourth-order valence-electron chi connectivity index (χ4n) is 3.93. The van der Waals surface area contributed by atoms with Crippen LogP contribution in [-0.2, 0) is 11.2 Å². The monoisotopic (exact) mass is 537 g/mol. The summed E-state index contributed by atoms with van der Waals surface area (Å²) in [5.41, 5.74) is 13.4. The smallest absolute Gasteiger partial charge is 0.273 e. The normalized spacial score (nSPS) is 11.7. The van der Waals surface area contributed by atoms with Crippen molar-refractivity contribution >= 4 is 40.6 Å². The Hall–Kier alpha value is -3.92. The average molecular weight is 538 g/mol. The highest BCUT2D eigenvalue weighted by atomic mass is 32.1. The van der Waals surface area contributed by atoms with E-state index in [9.17, 15) is 14.4 Å². The molecule has 5 N–H and O–H groups in total. The Morgan fingerprint density at radius 3 is 2.24 bits per heavy atom. The topological polar surface area (TPSA) is 141 Å². The lowest BCUT2D eigenvalue weighted by Gasteiger charge is -2.31. The SMILES string of the molecule is CCOc1ccc([C@H](C(=O)NCCC(C)C)N(C(=O)c2snc(C(N)=O)c2N)c2ccc(CC)cc2)cc1. The van der Waals surface area contributed by atoms with Crippen molar-refractivity contribution in [3.63, 3.8) is 0 Å². The molecule has 3 amide bonds. The number of primary amides is 1. The van der Waals surface area contributed by atoms with Crippen molar-refractivity contribution in [3.8, 4) is 5.75 Å². The summed E-state index contributed by atoms with van der Waals surface area (Å²) in [7, 11) is 0. The number of nitrogens with one attached hydrogen (secondary N) is 1. The maximum Gasteiger partial charge on any atom is 0.273 e. The average Bonchev–Trinajstić information content (AvgIpc) is 3.29. The summed E-state index contributed by atoms with van der Waals surface area (Å²) in [6.07, 6.45) is 1.60. The van der Waals surface area contributed by atoms with Gasteiger partial charge >= 0.3 is 0 Å². The third-order valence-corrected chi connectivity index (χ3v) is 6.88. The number of ether oxygens (including phenoxy) is 1. The molecule has 1 aromatic heterocycles. The number of anilines is 2. The first-order chi connectivity index (χ1) is 18.2. The molecule has 0 bridgehead atoms. The number of aryl methyl sites for hydroxylation is 1. The third-order valence-electron chi connectivity index (χ3n) is 6.03. The molecule has 2 aromatic carbocycles. The zero-order valence-electron chi connectivity index (χ0n) is 22.2. The van der Waals surface area contributed by atoms with Crippen molar-refractivity contribution in [1.82, 2.24) is 9.69 Å². The molecule has 0 saturated carbocycles. The molecule has 202 valence electrons. The summed E-state index contributed by atoms with van der Waals surface area (Å²) in [5.74, 6) is -0.692. The molecule has 1 heterocycles. The summed E-state index contributed by atoms with van der Waals surface area (Å²) >= 11 is 0.780. The molecule has 10 heteroatoms.